The zero-order valence-corrected chi connectivity index (χ0v) is 11.5. The van der Waals surface area contributed by atoms with Crippen LogP contribution < -0.4 is 10.9 Å². The molecule has 0 saturated heterocycles. The largest absolute Gasteiger partial charge is 0.273 e. The van der Waals surface area contributed by atoms with Crippen molar-refractivity contribution in [3.05, 3.63) is 35.9 Å². The summed E-state index contributed by atoms with van der Waals surface area (Å²) in [6.45, 7) is 0. The SMILES string of the molecule is O=C(CC1CC2CCC1C2)NNC(=O)c1ccccc1. The van der Waals surface area contributed by atoms with E-state index in [2.05, 4.69) is 10.9 Å². The molecule has 2 bridgehead atoms. The van der Waals surface area contributed by atoms with Crippen molar-refractivity contribution in [1.82, 2.24) is 10.9 Å². The molecule has 3 atom stereocenters. The molecule has 0 heterocycles. The van der Waals surface area contributed by atoms with Crippen LogP contribution in [0.2, 0.25) is 0 Å². The molecule has 1 aromatic carbocycles. The lowest BCUT2D eigenvalue weighted by molar-refractivity contribution is -0.123. The Balaban J connectivity index is 1.44. The summed E-state index contributed by atoms with van der Waals surface area (Å²) in [5.74, 6) is 1.74. The Morgan fingerprint density at radius 2 is 1.85 bits per heavy atom. The number of carbonyl (C=O) groups is 2. The van der Waals surface area contributed by atoms with Crippen molar-refractivity contribution < 1.29 is 9.59 Å². The number of amides is 2. The minimum absolute atomic E-state index is 0.0770. The molecule has 0 spiro atoms. The maximum absolute atomic E-state index is 11.9. The van der Waals surface area contributed by atoms with Gasteiger partial charge in [0.15, 0.2) is 0 Å². The Morgan fingerprint density at radius 3 is 2.50 bits per heavy atom. The first-order valence-electron chi connectivity index (χ1n) is 7.36. The van der Waals surface area contributed by atoms with E-state index in [9.17, 15) is 9.59 Å². The van der Waals surface area contributed by atoms with Gasteiger partial charge in [-0.2, -0.15) is 0 Å². The van der Waals surface area contributed by atoms with Gasteiger partial charge in [0, 0.05) is 12.0 Å². The van der Waals surface area contributed by atoms with E-state index >= 15 is 0 Å². The van der Waals surface area contributed by atoms with Crippen LogP contribution in [-0.4, -0.2) is 11.8 Å². The Hall–Kier alpha value is -1.84. The molecule has 2 aliphatic rings. The summed E-state index contributed by atoms with van der Waals surface area (Å²) in [6, 6.07) is 8.89. The van der Waals surface area contributed by atoms with E-state index in [1.165, 1.54) is 25.7 Å². The number of fused-ring (bicyclic) bond motifs is 2. The highest BCUT2D eigenvalue weighted by Gasteiger charge is 2.40. The number of hydrazine groups is 1. The van der Waals surface area contributed by atoms with Crippen molar-refractivity contribution in [1.29, 1.82) is 0 Å². The fourth-order valence-electron chi connectivity index (χ4n) is 3.70. The minimum Gasteiger partial charge on any atom is -0.273 e. The Labute approximate surface area is 118 Å². The van der Waals surface area contributed by atoms with Gasteiger partial charge in [0.25, 0.3) is 5.91 Å². The average molecular weight is 272 g/mol. The van der Waals surface area contributed by atoms with Crippen LogP contribution in [0.4, 0.5) is 0 Å². The zero-order chi connectivity index (χ0) is 13.9. The summed E-state index contributed by atoms with van der Waals surface area (Å²) >= 11 is 0. The van der Waals surface area contributed by atoms with Crippen molar-refractivity contribution in [3.63, 3.8) is 0 Å². The van der Waals surface area contributed by atoms with Gasteiger partial charge in [0.2, 0.25) is 5.91 Å². The topological polar surface area (TPSA) is 58.2 Å². The molecule has 2 fully saturated rings. The molecule has 2 saturated carbocycles. The summed E-state index contributed by atoms with van der Waals surface area (Å²) < 4.78 is 0. The van der Waals surface area contributed by atoms with Gasteiger partial charge in [-0.1, -0.05) is 24.6 Å². The van der Waals surface area contributed by atoms with Crippen molar-refractivity contribution in [2.75, 3.05) is 0 Å². The fraction of sp³-hybridized carbons (Fsp3) is 0.500. The Morgan fingerprint density at radius 1 is 1.05 bits per heavy atom. The average Bonchev–Trinajstić information content (AvgIpc) is 3.08. The van der Waals surface area contributed by atoms with E-state index in [-0.39, 0.29) is 11.8 Å². The Kier molecular flexibility index (Phi) is 3.72. The highest BCUT2D eigenvalue weighted by Crippen LogP contribution is 2.49. The third kappa shape index (κ3) is 2.84. The second kappa shape index (κ2) is 5.65. The third-order valence-corrected chi connectivity index (χ3v) is 4.68. The quantitative estimate of drug-likeness (QED) is 0.829. The normalized spacial score (nSPS) is 27.3. The first-order valence-corrected chi connectivity index (χ1v) is 7.36. The van der Waals surface area contributed by atoms with Crippen LogP contribution in [0.15, 0.2) is 30.3 Å². The van der Waals surface area contributed by atoms with E-state index in [1.807, 2.05) is 6.07 Å². The van der Waals surface area contributed by atoms with Gasteiger partial charge in [0.05, 0.1) is 0 Å². The molecule has 2 amide bonds. The number of benzene rings is 1. The van der Waals surface area contributed by atoms with Gasteiger partial charge in [-0.05, 0) is 49.1 Å². The molecule has 4 heteroatoms. The molecular weight excluding hydrogens is 252 g/mol. The fourth-order valence-corrected chi connectivity index (χ4v) is 3.70. The standard InChI is InChI=1S/C16H20N2O2/c19-15(10-14-9-11-6-7-13(14)8-11)17-18-16(20)12-4-2-1-3-5-12/h1-5,11,13-14H,6-10H2,(H,17,19)(H,18,20). The molecule has 20 heavy (non-hydrogen) atoms. The maximum Gasteiger partial charge on any atom is 0.269 e. The molecule has 2 N–H and O–H groups in total. The van der Waals surface area contributed by atoms with Crippen molar-refractivity contribution in [3.8, 4) is 0 Å². The summed E-state index contributed by atoms with van der Waals surface area (Å²) in [4.78, 5) is 23.7. The van der Waals surface area contributed by atoms with E-state index in [1.54, 1.807) is 24.3 Å². The summed E-state index contributed by atoms with van der Waals surface area (Å²) in [6.07, 6.45) is 5.64. The lowest BCUT2D eigenvalue weighted by Crippen LogP contribution is -2.42. The van der Waals surface area contributed by atoms with E-state index in [0.29, 0.717) is 17.9 Å². The minimum atomic E-state index is -0.271. The van der Waals surface area contributed by atoms with Crippen LogP contribution in [-0.2, 0) is 4.79 Å². The second-order valence-electron chi connectivity index (χ2n) is 6.01. The number of rotatable bonds is 3. The summed E-state index contributed by atoms with van der Waals surface area (Å²) in [5.41, 5.74) is 5.56. The Bertz CT molecular complexity index is 500. The molecule has 2 aliphatic carbocycles. The maximum atomic E-state index is 11.9. The molecule has 0 radical (unpaired) electrons. The predicted molar refractivity (Wildman–Crippen MR) is 75.6 cm³/mol. The first kappa shape index (κ1) is 13.2. The van der Waals surface area contributed by atoms with Gasteiger partial charge in [-0.15, -0.1) is 0 Å². The molecule has 0 aromatic heterocycles. The molecule has 1 aromatic rings. The second-order valence-corrected chi connectivity index (χ2v) is 6.01. The molecule has 106 valence electrons. The van der Waals surface area contributed by atoms with Gasteiger partial charge >= 0.3 is 0 Å². The predicted octanol–water partition coefficient (Wildman–Crippen LogP) is 2.27. The number of hydrogen-bond donors (Lipinski definition) is 2. The third-order valence-electron chi connectivity index (χ3n) is 4.68. The molecular formula is C16H20N2O2. The van der Waals surface area contributed by atoms with E-state index < -0.39 is 0 Å². The summed E-state index contributed by atoms with van der Waals surface area (Å²) in [5, 5.41) is 0. The van der Waals surface area contributed by atoms with Crippen molar-refractivity contribution in [2.24, 2.45) is 17.8 Å². The van der Waals surface area contributed by atoms with Gasteiger partial charge < -0.3 is 0 Å². The lowest BCUT2D eigenvalue weighted by atomic mass is 9.86. The summed E-state index contributed by atoms with van der Waals surface area (Å²) in [7, 11) is 0. The van der Waals surface area contributed by atoms with E-state index in [0.717, 1.165) is 11.8 Å². The molecule has 4 nitrogen and oxygen atoms in total. The number of hydrogen-bond acceptors (Lipinski definition) is 2. The van der Waals surface area contributed by atoms with Crippen LogP contribution in [0.1, 0.15) is 42.5 Å². The van der Waals surface area contributed by atoms with Crippen molar-refractivity contribution in [2.45, 2.75) is 32.1 Å². The smallest absolute Gasteiger partial charge is 0.269 e. The molecule has 0 aliphatic heterocycles. The van der Waals surface area contributed by atoms with Crippen LogP contribution >= 0.6 is 0 Å². The monoisotopic (exact) mass is 272 g/mol. The van der Waals surface area contributed by atoms with Gasteiger partial charge in [-0.3, -0.25) is 20.4 Å². The van der Waals surface area contributed by atoms with Gasteiger partial charge in [0.1, 0.15) is 0 Å². The van der Waals surface area contributed by atoms with Crippen LogP contribution in [0, 0.1) is 17.8 Å². The van der Waals surface area contributed by atoms with Crippen LogP contribution in [0.25, 0.3) is 0 Å². The number of nitrogens with one attached hydrogen (secondary N) is 2. The lowest BCUT2D eigenvalue weighted by Gasteiger charge is -2.20. The highest BCUT2D eigenvalue weighted by molar-refractivity contribution is 5.95. The van der Waals surface area contributed by atoms with Gasteiger partial charge in [-0.25, -0.2) is 0 Å². The highest BCUT2D eigenvalue weighted by atomic mass is 16.2. The molecule has 3 rings (SSSR count). The van der Waals surface area contributed by atoms with Crippen LogP contribution in [0.3, 0.4) is 0 Å². The first-order chi connectivity index (χ1) is 9.72. The van der Waals surface area contributed by atoms with E-state index in [4.69, 9.17) is 0 Å². The zero-order valence-electron chi connectivity index (χ0n) is 11.5. The molecule has 3 unspecified atom stereocenters. The number of carbonyl (C=O) groups excluding carboxylic acids is 2. The van der Waals surface area contributed by atoms with Crippen molar-refractivity contribution >= 4 is 11.8 Å². The van der Waals surface area contributed by atoms with Crippen LogP contribution in [0.5, 0.6) is 0 Å².